The number of halogens is 3. The Morgan fingerprint density at radius 3 is 1.67 bits per heavy atom. The molecule has 0 fully saturated rings. The Labute approximate surface area is 152 Å². The molecule has 1 N–H and O–H groups in total. The van der Waals surface area contributed by atoms with Gasteiger partial charge in [0.1, 0.15) is 23.6 Å². The second-order valence-corrected chi connectivity index (χ2v) is 6.57. The number of hydrogen-bond acceptors (Lipinski definition) is 6. The largest absolute Gasteiger partial charge is 0.534 e. The van der Waals surface area contributed by atoms with Crippen molar-refractivity contribution in [3.63, 3.8) is 0 Å². The topological polar surface area (TPSA) is 111 Å². The van der Waals surface area contributed by atoms with Gasteiger partial charge in [-0.2, -0.15) is 32.1 Å². The van der Waals surface area contributed by atoms with Crippen molar-refractivity contribution in [1.82, 2.24) is 0 Å². The molecule has 0 radical (unpaired) electrons. The van der Waals surface area contributed by atoms with Crippen molar-refractivity contribution >= 4 is 21.3 Å². The van der Waals surface area contributed by atoms with Gasteiger partial charge >= 0.3 is 15.6 Å². The first-order valence-corrected chi connectivity index (χ1v) is 8.45. The summed E-state index contributed by atoms with van der Waals surface area (Å²) in [6.07, 6.45) is 0. The molecule has 2 aromatic rings. The van der Waals surface area contributed by atoms with Crippen LogP contribution in [0.3, 0.4) is 0 Å². The Balaban J connectivity index is 2.43. The highest BCUT2D eigenvalue weighted by molar-refractivity contribution is 7.88. The third-order valence-electron chi connectivity index (χ3n) is 3.26. The molecule has 2 rings (SSSR count). The average molecular weight is 394 g/mol. The number of alkyl halides is 3. The van der Waals surface area contributed by atoms with Crippen LogP contribution in [0.2, 0.25) is 0 Å². The summed E-state index contributed by atoms with van der Waals surface area (Å²) in [5.74, 6) is -0.640. The number of benzene rings is 2. The Morgan fingerprint density at radius 1 is 0.889 bits per heavy atom. The van der Waals surface area contributed by atoms with Crippen molar-refractivity contribution in [3.05, 3.63) is 59.7 Å². The summed E-state index contributed by atoms with van der Waals surface area (Å²) in [5, 5.41) is 28.0. The maximum absolute atomic E-state index is 12.3. The van der Waals surface area contributed by atoms with Gasteiger partial charge in [-0.25, -0.2) is 0 Å². The lowest BCUT2D eigenvalue weighted by molar-refractivity contribution is -0.0500. The standard InChI is InChI=1S/C17H9F3N2O4S/c18-17(19,20)27(24,25)26-14-7-3-12(4-8-14)16(10-22)15(9-21)11-1-5-13(23)6-2-11/h1-8,23H/b16-15+. The summed E-state index contributed by atoms with van der Waals surface area (Å²) in [5.41, 5.74) is -5.19. The van der Waals surface area contributed by atoms with Crippen LogP contribution in [0, 0.1) is 22.7 Å². The Hall–Kier alpha value is -3.50. The van der Waals surface area contributed by atoms with Crippen LogP contribution in [-0.4, -0.2) is 19.0 Å². The summed E-state index contributed by atoms with van der Waals surface area (Å²) in [6.45, 7) is 0. The van der Waals surface area contributed by atoms with E-state index in [1.807, 2.05) is 12.1 Å². The molecule has 0 aliphatic carbocycles. The van der Waals surface area contributed by atoms with Gasteiger partial charge in [-0.05, 0) is 59.7 Å². The zero-order valence-corrected chi connectivity index (χ0v) is 14.0. The lowest BCUT2D eigenvalue weighted by Gasteiger charge is -2.10. The maximum Gasteiger partial charge on any atom is 0.534 e. The van der Waals surface area contributed by atoms with Crippen LogP contribution in [0.15, 0.2) is 48.5 Å². The molecule has 138 valence electrons. The van der Waals surface area contributed by atoms with Gasteiger partial charge in [-0.1, -0.05) is 0 Å². The van der Waals surface area contributed by atoms with Gasteiger partial charge in [0.05, 0.1) is 11.1 Å². The summed E-state index contributed by atoms with van der Waals surface area (Å²) in [4.78, 5) is 0. The molecule has 0 amide bonds. The van der Waals surface area contributed by atoms with E-state index in [1.165, 1.54) is 24.3 Å². The summed E-state index contributed by atoms with van der Waals surface area (Å²) < 4.78 is 63.0. The van der Waals surface area contributed by atoms with E-state index < -0.39 is 21.4 Å². The van der Waals surface area contributed by atoms with E-state index in [1.54, 1.807) is 0 Å². The van der Waals surface area contributed by atoms with Crippen molar-refractivity contribution in [3.8, 4) is 23.6 Å². The SMILES string of the molecule is N#C/C(=C(/C#N)c1ccc(OS(=O)(=O)C(F)(F)F)cc1)c1ccc(O)cc1. The highest BCUT2D eigenvalue weighted by atomic mass is 32.2. The molecule has 27 heavy (non-hydrogen) atoms. The van der Waals surface area contributed by atoms with Crippen molar-refractivity contribution < 1.29 is 30.9 Å². The summed E-state index contributed by atoms with van der Waals surface area (Å²) >= 11 is 0. The third kappa shape index (κ3) is 4.37. The van der Waals surface area contributed by atoms with Crippen molar-refractivity contribution in [2.75, 3.05) is 0 Å². The minimum absolute atomic E-state index is 0.0333. The van der Waals surface area contributed by atoms with Crippen molar-refractivity contribution in [2.24, 2.45) is 0 Å². The van der Waals surface area contributed by atoms with Gasteiger partial charge in [0.2, 0.25) is 0 Å². The van der Waals surface area contributed by atoms with Crippen LogP contribution in [0.25, 0.3) is 11.1 Å². The van der Waals surface area contributed by atoms with E-state index in [0.29, 0.717) is 5.56 Å². The quantitative estimate of drug-likeness (QED) is 0.367. The number of rotatable bonds is 4. The molecule has 6 nitrogen and oxygen atoms in total. The number of nitriles is 2. The predicted octanol–water partition coefficient (Wildman–Crippen LogP) is 3.58. The number of allylic oxidation sites excluding steroid dienone is 2. The van der Waals surface area contributed by atoms with Crippen molar-refractivity contribution in [1.29, 1.82) is 10.5 Å². The molecule has 0 aliphatic heterocycles. The Morgan fingerprint density at radius 2 is 1.30 bits per heavy atom. The monoisotopic (exact) mass is 394 g/mol. The second kappa shape index (κ2) is 7.40. The molecule has 10 heteroatoms. The third-order valence-corrected chi connectivity index (χ3v) is 4.24. The van der Waals surface area contributed by atoms with E-state index in [-0.39, 0.29) is 22.5 Å². The first kappa shape index (κ1) is 19.8. The number of hydrogen-bond donors (Lipinski definition) is 1. The number of phenols is 1. The molecular formula is C17H9F3N2O4S. The van der Waals surface area contributed by atoms with E-state index in [0.717, 1.165) is 24.3 Å². The highest BCUT2D eigenvalue weighted by Crippen LogP contribution is 2.30. The minimum atomic E-state index is -5.81. The van der Waals surface area contributed by atoms with Gasteiger partial charge in [-0.3, -0.25) is 0 Å². The zero-order chi connectivity index (χ0) is 20.2. The van der Waals surface area contributed by atoms with E-state index >= 15 is 0 Å². The molecule has 0 saturated carbocycles. The van der Waals surface area contributed by atoms with E-state index in [2.05, 4.69) is 4.18 Å². The molecule has 0 spiro atoms. The van der Waals surface area contributed by atoms with Crippen LogP contribution in [0.4, 0.5) is 13.2 Å². The molecule has 0 saturated heterocycles. The molecule has 0 atom stereocenters. The van der Waals surface area contributed by atoms with Crippen molar-refractivity contribution in [2.45, 2.75) is 5.51 Å². The highest BCUT2D eigenvalue weighted by Gasteiger charge is 2.48. The average Bonchev–Trinajstić information content (AvgIpc) is 2.60. The molecule has 0 aliphatic rings. The minimum Gasteiger partial charge on any atom is -0.508 e. The molecule has 0 bridgehead atoms. The predicted molar refractivity (Wildman–Crippen MR) is 88.2 cm³/mol. The summed E-state index contributed by atoms with van der Waals surface area (Å²) in [7, 11) is -5.81. The molecule has 0 unspecified atom stereocenters. The Bertz CT molecular complexity index is 1060. The maximum atomic E-state index is 12.3. The van der Waals surface area contributed by atoms with E-state index in [4.69, 9.17) is 0 Å². The van der Waals surface area contributed by atoms with Crippen LogP contribution < -0.4 is 4.18 Å². The van der Waals surface area contributed by atoms with Crippen LogP contribution in [0.1, 0.15) is 11.1 Å². The van der Waals surface area contributed by atoms with Gasteiger partial charge in [0.15, 0.2) is 0 Å². The van der Waals surface area contributed by atoms with E-state index in [9.17, 15) is 37.2 Å². The number of phenolic OH excluding ortho intramolecular Hbond substituents is 1. The fourth-order valence-electron chi connectivity index (χ4n) is 2.01. The smallest absolute Gasteiger partial charge is 0.508 e. The lowest BCUT2D eigenvalue weighted by Crippen LogP contribution is -2.28. The number of aromatic hydroxyl groups is 1. The van der Waals surface area contributed by atoms with Gasteiger partial charge in [0, 0.05) is 0 Å². The second-order valence-electron chi connectivity index (χ2n) is 5.03. The fourth-order valence-corrected chi connectivity index (χ4v) is 2.47. The fraction of sp³-hybridized carbons (Fsp3) is 0.0588. The molecular weight excluding hydrogens is 385 g/mol. The first-order valence-electron chi connectivity index (χ1n) is 7.04. The van der Waals surface area contributed by atoms with Crippen LogP contribution in [-0.2, 0) is 10.1 Å². The first-order chi connectivity index (χ1) is 12.6. The van der Waals surface area contributed by atoms with Crippen LogP contribution >= 0.6 is 0 Å². The molecule has 0 aromatic heterocycles. The van der Waals surface area contributed by atoms with Crippen LogP contribution in [0.5, 0.6) is 11.5 Å². The zero-order valence-electron chi connectivity index (χ0n) is 13.2. The van der Waals surface area contributed by atoms with Gasteiger partial charge in [-0.15, -0.1) is 0 Å². The number of nitrogens with zero attached hydrogens (tertiary/aromatic N) is 2. The Kier molecular flexibility index (Phi) is 5.43. The van der Waals surface area contributed by atoms with Gasteiger partial charge < -0.3 is 9.29 Å². The van der Waals surface area contributed by atoms with Gasteiger partial charge in [0.25, 0.3) is 0 Å². The summed E-state index contributed by atoms with van der Waals surface area (Å²) in [6, 6.07) is 13.3. The molecule has 2 aromatic carbocycles. The lowest BCUT2D eigenvalue weighted by atomic mass is 9.96. The normalized spacial score (nSPS) is 12.5. The molecule has 0 heterocycles.